The van der Waals surface area contributed by atoms with Crippen molar-refractivity contribution in [2.24, 2.45) is 11.0 Å². The van der Waals surface area contributed by atoms with E-state index in [1.165, 1.54) is 0 Å². The van der Waals surface area contributed by atoms with E-state index in [4.69, 9.17) is 17.0 Å². The summed E-state index contributed by atoms with van der Waals surface area (Å²) in [6, 6.07) is 12.8. The fourth-order valence-corrected chi connectivity index (χ4v) is 2.54. The van der Waals surface area contributed by atoms with Crippen LogP contribution in [0.3, 0.4) is 0 Å². The van der Waals surface area contributed by atoms with E-state index in [-0.39, 0.29) is 5.91 Å². The number of aromatic nitrogens is 2. The molecule has 0 aliphatic carbocycles. The van der Waals surface area contributed by atoms with Gasteiger partial charge >= 0.3 is 0 Å². The van der Waals surface area contributed by atoms with E-state index in [9.17, 15) is 4.79 Å². The fraction of sp³-hybridized carbons (Fsp3) is 0.211. The van der Waals surface area contributed by atoms with E-state index in [0.717, 1.165) is 22.3 Å². The van der Waals surface area contributed by atoms with Crippen LogP contribution < -0.4 is 10.2 Å². The highest BCUT2D eigenvalue weighted by Crippen LogP contribution is 2.13. The second-order valence-electron chi connectivity index (χ2n) is 6.31. The Hall–Kier alpha value is -2.93. The minimum Gasteiger partial charge on any atom is -0.493 e. The maximum absolute atomic E-state index is 12.2. The van der Waals surface area contributed by atoms with Crippen molar-refractivity contribution in [2.75, 3.05) is 6.61 Å². The van der Waals surface area contributed by atoms with E-state index in [1.54, 1.807) is 24.4 Å². The standard InChI is InChI=1S/C19H20N4O2S/c1-12(2)11-25-15-6-3-13(4-7-15)10-20-23-18(24)14-5-8-16-17(9-14)22-19(26)21-16/h3-10,12H,11H2,1-2H3,(H,23,24)(H2,21,22,26)/b20-10-. The van der Waals surface area contributed by atoms with Gasteiger partial charge in [-0.15, -0.1) is 0 Å². The van der Waals surface area contributed by atoms with Gasteiger partial charge in [-0.2, -0.15) is 5.10 Å². The van der Waals surface area contributed by atoms with E-state index in [0.29, 0.717) is 22.9 Å². The molecule has 0 saturated heterocycles. The Balaban J connectivity index is 1.60. The number of imidazole rings is 1. The fourth-order valence-electron chi connectivity index (χ4n) is 2.32. The van der Waals surface area contributed by atoms with Gasteiger partial charge in [-0.05, 0) is 66.2 Å². The number of H-pyrrole nitrogens is 2. The van der Waals surface area contributed by atoms with Crippen molar-refractivity contribution >= 4 is 35.4 Å². The van der Waals surface area contributed by atoms with Crippen molar-refractivity contribution in [2.45, 2.75) is 13.8 Å². The molecule has 0 unspecified atom stereocenters. The van der Waals surface area contributed by atoms with Crippen LogP contribution in [-0.2, 0) is 0 Å². The van der Waals surface area contributed by atoms with Crippen LogP contribution in [0.2, 0.25) is 0 Å². The number of nitrogens with zero attached hydrogens (tertiary/aromatic N) is 1. The summed E-state index contributed by atoms with van der Waals surface area (Å²) >= 11 is 5.04. The number of aromatic amines is 2. The number of amides is 1. The number of carbonyl (C=O) groups excluding carboxylic acids is 1. The number of nitrogens with one attached hydrogen (secondary N) is 3. The summed E-state index contributed by atoms with van der Waals surface area (Å²) in [6.07, 6.45) is 1.59. The lowest BCUT2D eigenvalue weighted by molar-refractivity contribution is 0.0955. The number of hydrazone groups is 1. The van der Waals surface area contributed by atoms with Gasteiger partial charge in [0.25, 0.3) is 5.91 Å². The van der Waals surface area contributed by atoms with Crippen LogP contribution >= 0.6 is 12.2 Å². The molecule has 0 saturated carbocycles. The predicted molar refractivity (Wildman–Crippen MR) is 105 cm³/mol. The third-order valence-electron chi connectivity index (χ3n) is 3.62. The van der Waals surface area contributed by atoms with Crippen LogP contribution in [0.1, 0.15) is 29.8 Å². The summed E-state index contributed by atoms with van der Waals surface area (Å²) in [4.78, 5) is 18.2. The van der Waals surface area contributed by atoms with Crippen LogP contribution in [0.25, 0.3) is 11.0 Å². The Morgan fingerprint density at radius 3 is 2.65 bits per heavy atom. The van der Waals surface area contributed by atoms with Crippen molar-refractivity contribution in [1.29, 1.82) is 0 Å². The zero-order valence-corrected chi connectivity index (χ0v) is 15.4. The minimum absolute atomic E-state index is 0.291. The maximum atomic E-state index is 12.2. The molecule has 3 aromatic rings. The van der Waals surface area contributed by atoms with Crippen LogP contribution in [0.4, 0.5) is 0 Å². The number of rotatable bonds is 6. The molecule has 7 heteroatoms. The van der Waals surface area contributed by atoms with Gasteiger partial charge in [-0.1, -0.05) is 13.8 Å². The average molecular weight is 368 g/mol. The summed E-state index contributed by atoms with van der Waals surface area (Å²) in [5.74, 6) is 1.00. The predicted octanol–water partition coefficient (Wildman–Crippen LogP) is 4.02. The van der Waals surface area contributed by atoms with Crippen molar-refractivity contribution in [1.82, 2.24) is 15.4 Å². The monoisotopic (exact) mass is 368 g/mol. The van der Waals surface area contributed by atoms with E-state index < -0.39 is 0 Å². The van der Waals surface area contributed by atoms with Crippen molar-refractivity contribution in [3.05, 3.63) is 58.4 Å². The lowest BCUT2D eigenvalue weighted by Gasteiger charge is -2.08. The lowest BCUT2D eigenvalue weighted by Crippen LogP contribution is -2.17. The number of benzene rings is 2. The maximum Gasteiger partial charge on any atom is 0.271 e. The summed E-state index contributed by atoms with van der Waals surface area (Å²) < 4.78 is 6.16. The highest BCUT2D eigenvalue weighted by Gasteiger charge is 2.06. The number of ether oxygens (including phenoxy) is 1. The molecular formula is C19H20N4O2S. The first-order valence-corrected chi connectivity index (χ1v) is 8.70. The molecule has 3 N–H and O–H groups in total. The molecule has 1 heterocycles. The molecular weight excluding hydrogens is 348 g/mol. The highest BCUT2D eigenvalue weighted by atomic mass is 32.1. The van der Waals surface area contributed by atoms with Gasteiger partial charge in [0.05, 0.1) is 23.9 Å². The first-order valence-electron chi connectivity index (χ1n) is 8.29. The number of fused-ring (bicyclic) bond motifs is 1. The Morgan fingerprint density at radius 1 is 1.19 bits per heavy atom. The molecule has 0 radical (unpaired) electrons. The zero-order chi connectivity index (χ0) is 18.5. The van der Waals surface area contributed by atoms with Gasteiger partial charge in [-0.25, -0.2) is 5.43 Å². The van der Waals surface area contributed by atoms with Gasteiger partial charge < -0.3 is 14.7 Å². The average Bonchev–Trinajstić information content (AvgIpc) is 3.00. The minimum atomic E-state index is -0.291. The van der Waals surface area contributed by atoms with Gasteiger partial charge in [0.2, 0.25) is 0 Å². The SMILES string of the molecule is CC(C)COc1ccc(/C=N\NC(=O)c2ccc3[nH]c(=S)[nH]c3c2)cc1. The molecule has 0 spiro atoms. The molecule has 0 fully saturated rings. The Labute approximate surface area is 156 Å². The third-order valence-corrected chi connectivity index (χ3v) is 3.83. The van der Waals surface area contributed by atoms with Crippen molar-refractivity contribution in [3.8, 4) is 5.75 Å². The van der Waals surface area contributed by atoms with Crippen LogP contribution in [0, 0.1) is 10.7 Å². The lowest BCUT2D eigenvalue weighted by atomic mass is 10.2. The zero-order valence-electron chi connectivity index (χ0n) is 14.6. The van der Waals surface area contributed by atoms with Gasteiger partial charge in [0.1, 0.15) is 5.75 Å². The normalized spacial score (nSPS) is 11.3. The molecule has 0 aliphatic rings. The second kappa shape index (κ2) is 7.97. The number of hydrogen-bond acceptors (Lipinski definition) is 4. The molecule has 134 valence electrons. The molecule has 0 atom stereocenters. The molecule has 1 amide bonds. The second-order valence-corrected chi connectivity index (χ2v) is 6.72. The van der Waals surface area contributed by atoms with Gasteiger partial charge in [0, 0.05) is 5.56 Å². The first-order chi connectivity index (χ1) is 12.5. The Kier molecular flexibility index (Phi) is 5.48. The molecule has 2 aromatic carbocycles. The smallest absolute Gasteiger partial charge is 0.271 e. The number of carbonyl (C=O) groups is 1. The third kappa shape index (κ3) is 4.58. The van der Waals surface area contributed by atoms with Crippen LogP contribution in [0.15, 0.2) is 47.6 Å². The Bertz CT molecular complexity index is 987. The van der Waals surface area contributed by atoms with Crippen molar-refractivity contribution in [3.63, 3.8) is 0 Å². The first kappa shape index (κ1) is 17.9. The van der Waals surface area contributed by atoms with E-state index in [2.05, 4.69) is 34.3 Å². The summed E-state index contributed by atoms with van der Waals surface area (Å²) in [5, 5.41) is 4.00. The van der Waals surface area contributed by atoms with Gasteiger partial charge in [0.15, 0.2) is 4.77 Å². The summed E-state index contributed by atoms with van der Waals surface area (Å²) in [5.41, 5.74) is 5.53. The highest BCUT2D eigenvalue weighted by molar-refractivity contribution is 7.71. The quantitative estimate of drug-likeness (QED) is 0.349. The van der Waals surface area contributed by atoms with E-state index >= 15 is 0 Å². The molecule has 6 nitrogen and oxygen atoms in total. The molecule has 3 rings (SSSR count). The molecule has 26 heavy (non-hydrogen) atoms. The summed E-state index contributed by atoms with van der Waals surface area (Å²) in [7, 11) is 0. The number of hydrogen-bond donors (Lipinski definition) is 3. The summed E-state index contributed by atoms with van der Waals surface area (Å²) in [6.45, 7) is 4.89. The molecule has 0 bridgehead atoms. The van der Waals surface area contributed by atoms with Crippen LogP contribution in [0.5, 0.6) is 5.75 Å². The van der Waals surface area contributed by atoms with Crippen LogP contribution in [-0.4, -0.2) is 28.7 Å². The van der Waals surface area contributed by atoms with Gasteiger partial charge in [-0.3, -0.25) is 4.79 Å². The largest absolute Gasteiger partial charge is 0.493 e. The van der Waals surface area contributed by atoms with E-state index in [1.807, 2.05) is 24.3 Å². The van der Waals surface area contributed by atoms with Crippen molar-refractivity contribution < 1.29 is 9.53 Å². The molecule has 0 aliphatic heterocycles. The molecule has 1 aromatic heterocycles. The Morgan fingerprint density at radius 2 is 1.92 bits per heavy atom. The topological polar surface area (TPSA) is 82.3 Å².